The van der Waals surface area contributed by atoms with E-state index < -0.39 is 0 Å². The van der Waals surface area contributed by atoms with E-state index >= 15 is 0 Å². The van der Waals surface area contributed by atoms with Crippen molar-refractivity contribution in [1.29, 1.82) is 0 Å². The van der Waals surface area contributed by atoms with Gasteiger partial charge in [-0.25, -0.2) is 0 Å². The number of halogens is 2. The van der Waals surface area contributed by atoms with Crippen LogP contribution in [-0.4, -0.2) is 23.4 Å². The lowest BCUT2D eigenvalue weighted by Gasteiger charge is -2.12. The highest BCUT2D eigenvalue weighted by Crippen LogP contribution is 2.36. The van der Waals surface area contributed by atoms with Gasteiger partial charge < -0.3 is 14.8 Å². The molecule has 1 saturated heterocycles. The van der Waals surface area contributed by atoms with Gasteiger partial charge in [-0.05, 0) is 42.3 Å². The van der Waals surface area contributed by atoms with Gasteiger partial charge in [0.05, 0.1) is 28.2 Å². The van der Waals surface area contributed by atoms with Gasteiger partial charge in [0.15, 0.2) is 5.75 Å². The number of carbonyl (C=O) groups is 1. The molecular formula is C20H17Cl2NO3S2. The number of thiocarbonyl (C=S) groups is 1. The average Bonchev–Trinajstić information content (AvgIpc) is 2.95. The van der Waals surface area contributed by atoms with Gasteiger partial charge >= 0.3 is 0 Å². The predicted octanol–water partition coefficient (Wildman–Crippen LogP) is 5.64. The fraction of sp³-hybridized carbons (Fsp3) is 0.200. The second-order valence-electron chi connectivity index (χ2n) is 5.98. The Morgan fingerprint density at radius 3 is 2.46 bits per heavy atom. The van der Waals surface area contributed by atoms with Crippen molar-refractivity contribution in [2.24, 2.45) is 0 Å². The molecule has 1 aliphatic heterocycles. The van der Waals surface area contributed by atoms with Crippen LogP contribution in [0.4, 0.5) is 0 Å². The number of carbonyl (C=O) groups excluding carboxylic acids is 1. The molecule has 0 atom stereocenters. The molecule has 0 unspecified atom stereocenters. The molecule has 1 amide bonds. The van der Waals surface area contributed by atoms with Crippen molar-refractivity contribution in [1.82, 2.24) is 5.32 Å². The van der Waals surface area contributed by atoms with Gasteiger partial charge in [0.1, 0.15) is 10.1 Å². The average molecular weight is 454 g/mol. The molecule has 0 radical (unpaired) electrons. The second-order valence-corrected chi connectivity index (χ2v) is 8.52. The second kappa shape index (κ2) is 9.65. The molecule has 0 saturated carbocycles. The van der Waals surface area contributed by atoms with Crippen LogP contribution in [0.1, 0.15) is 17.5 Å². The maximum atomic E-state index is 11.8. The lowest BCUT2D eigenvalue weighted by atomic mass is 10.2. The van der Waals surface area contributed by atoms with Crippen LogP contribution < -0.4 is 14.8 Å². The monoisotopic (exact) mass is 453 g/mol. The molecule has 2 aromatic rings. The quantitative estimate of drug-likeness (QED) is 0.333. The summed E-state index contributed by atoms with van der Waals surface area (Å²) < 4.78 is 11.9. The highest BCUT2D eigenvalue weighted by molar-refractivity contribution is 8.26. The topological polar surface area (TPSA) is 47.6 Å². The maximum absolute atomic E-state index is 11.8. The van der Waals surface area contributed by atoms with E-state index in [1.165, 1.54) is 11.8 Å². The Bertz CT molecular complexity index is 924. The fourth-order valence-electron chi connectivity index (χ4n) is 2.51. The van der Waals surface area contributed by atoms with Gasteiger partial charge in [0.2, 0.25) is 0 Å². The zero-order chi connectivity index (χ0) is 20.1. The number of hydrogen-bond donors (Lipinski definition) is 1. The minimum absolute atomic E-state index is 0.226. The molecule has 1 fully saturated rings. The van der Waals surface area contributed by atoms with Gasteiger partial charge in [-0.3, -0.25) is 4.79 Å². The molecule has 1 N–H and O–H groups in total. The first-order chi connectivity index (χ1) is 13.4. The minimum atomic E-state index is -0.226. The van der Waals surface area contributed by atoms with E-state index in [0.29, 0.717) is 50.2 Å². The van der Waals surface area contributed by atoms with E-state index in [9.17, 15) is 4.79 Å². The first-order valence-corrected chi connectivity index (χ1v) is 10.5. The van der Waals surface area contributed by atoms with Crippen LogP contribution in [0.5, 0.6) is 11.5 Å². The standard InChI is InChI=1S/C20H17Cl2NO3S2/c1-12-5-2-3-6-16(12)25-7-4-8-26-18-14(21)9-13(10-15(18)22)11-17-19(24)23-20(27)28-17/h2-3,5-6,9-11H,4,7-8H2,1H3,(H,23,24,27)/b17-11-. The van der Waals surface area contributed by atoms with Crippen LogP contribution in [0.25, 0.3) is 6.08 Å². The summed E-state index contributed by atoms with van der Waals surface area (Å²) in [5.41, 5.74) is 1.79. The molecule has 146 valence electrons. The minimum Gasteiger partial charge on any atom is -0.493 e. The molecule has 1 aliphatic rings. The van der Waals surface area contributed by atoms with E-state index in [1.54, 1.807) is 18.2 Å². The van der Waals surface area contributed by atoms with Crippen molar-refractivity contribution < 1.29 is 14.3 Å². The Labute approximate surface area is 183 Å². The summed E-state index contributed by atoms with van der Waals surface area (Å²) in [5, 5.41) is 3.33. The van der Waals surface area contributed by atoms with Gasteiger partial charge in [-0.2, -0.15) is 0 Å². The van der Waals surface area contributed by atoms with Crippen LogP contribution >= 0.6 is 47.2 Å². The number of nitrogens with one attached hydrogen (secondary N) is 1. The normalized spacial score (nSPS) is 15.0. The summed E-state index contributed by atoms with van der Waals surface area (Å²) in [6.45, 7) is 2.94. The Hall–Kier alpha value is -1.73. The number of para-hydroxylation sites is 1. The van der Waals surface area contributed by atoms with Gasteiger partial charge in [0, 0.05) is 6.42 Å². The van der Waals surface area contributed by atoms with Crippen molar-refractivity contribution in [3.05, 3.63) is 62.5 Å². The van der Waals surface area contributed by atoms with E-state index in [2.05, 4.69) is 5.32 Å². The molecule has 1 heterocycles. The molecule has 2 aromatic carbocycles. The highest BCUT2D eigenvalue weighted by Gasteiger charge is 2.22. The zero-order valence-electron chi connectivity index (χ0n) is 15.0. The Morgan fingerprint density at radius 1 is 1.14 bits per heavy atom. The van der Waals surface area contributed by atoms with Crippen molar-refractivity contribution in [3.8, 4) is 11.5 Å². The Kier molecular flexibility index (Phi) is 7.24. The summed E-state index contributed by atoms with van der Waals surface area (Å²) in [7, 11) is 0. The highest BCUT2D eigenvalue weighted by atomic mass is 35.5. The summed E-state index contributed by atoms with van der Waals surface area (Å²) in [5.74, 6) is 1.06. The van der Waals surface area contributed by atoms with Crippen LogP contribution in [0.3, 0.4) is 0 Å². The van der Waals surface area contributed by atoms with E-state index in [-0.39, 0.29) is 5.91 Å². The van der Waals surface area contributed by atoms with Crippen molar-refractivity contribution in [3.63, 3.8) is 0 Å². The largest absolute Gasteiger partial charge is 0.493 e. The molecule has 0 aromatic heterocycles. The number of ether oxygens (including phenoxy) is 2. The third-order valence-electron chi connectivity index (χ3n) is 3.85. The van der Waals surface area contributed by atoms with Gasteiger partial charge in [0.25, 0.3) is 5.91 Å². The zero-order valence-corrected chi connectivity index (χ0v) is 18.1. The first-order valence-electron chi connectivity index (χ1n) is 8.49. The molecule has 4 nitrogen and oxygen atoms in total. The summed E-state index contributed by atoms with van der Waals surface area (Å²) in [6.07, 6.45) is 2.37. The Morgan fingerprint density at radius 2 is 1.82 bits per heavy atom. The first kappa shape index (κ1) is 21.0. The van der Waals surface area contributed by atoms with Gasteiger partial charge in [-0.15, -0.1) is 0 Å². The van der Waals surface area contributed by atoms with Crippen molar-refractivity contribution in [2.75, 3.05) is 13.2 Å². The molecule has 0 aliphatic carbocycles. The molecule has 0 bridgehead atoms. The summed E-state index contributed by atoms with van der Waals surface area (Å²) in [4.78, 5) is 12.3. The number of thioether (sulfide) groups is 1. The van der Waals surface area contributed by atoms with E-state index in [1.807, 2.05) is 31.2 Å². The Balaban J connectivity index is 1.56. The van der Waals surface area contributed by atoms with Crippen LogP contribution in [0.2, 0.25) is 10.0 Å². The van der Waals surface area contributed by atoms with Crippen molar-refractivity contribution >= 4 is 63.5 Å². The maximum Gasteiger partial charge on any atom is 0.263 e. The van der Waals surface area contributed by atoms with Crippen LogP contribution in [0.15, 0.2) is 41.3 Å². The third kappa shape index (κ3) is 5.41. The lowest BCUT2D eigenvalue weighted by molar-refractivity contribution is -0.115. The third-order valence-corrected chi connectivity index (χ3v) is 5.57. The summed E-state index contributed by atoms with van der Waals surface area (Å²) >= 11 is 18.8. The van der Waals surface area contributed by atoms with Crippen LogP contribution in [-0.2, 0) is 4.79 Å². The summed E-state index contributed by atoms with van der Waals surface area (Å²) in [6, 6.07) is 11.3. The SMILES string of the molecule is Cc1ccccc1OCCCOc1c(Cl)cc(/C=C2\SC(=S)NC2=O)cc1Cl. The fourth-order valence-corrected chi connectivity index (χ4v) is 4.16. The molecule has 28 heavy (non-hydrogen) atoms. The smallest absolute Gasteiger partial charge is 0.263 e. The molecule has 0 spiro atoms. The van der Waals surface area contributed by atoms with Crippen LogP contribution in [0, 0.1) is 6.92 Å². The number of hydrogen-bond acceptors (Lipinski definition) is 5. The lowest BCUT2D eigenvalue weighted by Crippen LogP contribution is -2.17. The number of amides is 1. The number of benzene rings is 2. The van der Waals surface area contributed by atoms with E-state index in [4.69, 9.17) is 44.9 Å². The number of aryl methyl sites for hydroxylation is 1. The van der Waals surface area contributed by atoms with E-state index in [0.717, 1.165) is 11.3 Å². The van der Waals surface area contributed by atoms with Crippen molar-refractivity contribution in [2.45, 2.75) is 13.3 Å². The molecular weight excluding hydrogens is 437 g/mol. The molecule has 3 rings (SSSR count). The number of rotatable bonds is 7. The van der Waals surface area contributed by atoms with Gasteiger partial charge in [-0.1, -0.05) is 65.4 Å². The predicted molar refractivity (Wildman–Crippen MR) is 120 cm³/mol. The molecule has 8 heteroatoms.